The van der Waals surface area contributed by atoms with Crippen molar-refractivity contribution in [1.29, 1.82) is 0 Å². The number of carbonyl (C=O) groups excluding carboxylic acids is 3. The van der Waals surface area contributed by atoms with E-state index in [4.69, 9.17) is 4.74 Å². The maximum absolute atomic E-state index is 13.5. The van der Waals surface area contributed by atoms with E-state index in [9.17, 15) is 14.4 Å². The van der Waals surface area contributed by atoms with Crippen molar-refractivity contribution in [2.45, 2.75) is 91.8 Å². The van der Waals surface area contributed by atoms with Crippen LogP contribution in [0, 0.1) is 5.41 Å². The summed E-state index contributed by atoms with van der Waals surface area (Å²) in [6.45, 7) is 12.6. The lowest BCUT2D eigenvalue weighted by molar-refractivity contribution is -0.141. The van der Waals surface area contributed by atoms with Crippen LogP contribution in [0.15, 0.2) is 11.6 Å². The lowest BCUT2D eigenvalue weighted by Gasteiger charge is -2.38. The average molecular weight is 438 g/mol. The summed E-state index contributed by atoms with van der Waals surface area (Å²) in [5.41, 5.74) is 0.0328. The Balaban J connectivity index is 3.07. The lowest BCUT2D eigenvalue weighted by atomic mass is 9.85. The highest BCUT2D eigenvalue weighted by molar-refractivity contribution is 5.91. The molecule has 0 aromatic carbocycles. The normalized spacial score (nSPS) is 20.0. The summed E-state index contributed by atoms with van der Waals surface area (Å²) in [5, 5.41) is 3.05. The Bertz CT molecular complexity index is 654. The van der Waals surface area contributed by atoms with Gasteiger partial charge in [-0.1, -0.05) is 46.6 Å². The quantitative estimate of drug-likeness (QED) is 0.443. The fraction of sp³-hybridized carbons (Fsp3) is 0.792. The molecule has 1 saturated heterocycles. The topological polar surface area (TPSA) is 79.0 Å². The van der Waals surface area contributed by atoms with E-state index >= 15 is 0 Å². The number of amides is 2. The summed E-state index contributed by atoms with van der Waals surface area (Å²) < 4.78 is 5.08. The van der Waals surface area contributed by atoms with Crippen molar-refractivity contribution in [2.75, 3.05) is 27.2 Å². The predicted octanol–water partition coefficient (Wildman–Crippen LogP) is 3.14. The van der Waals surface area contributed by atoms with Crippen LogP contribution in [-0.4, -0.2) is 73.0 Å². The second-order valence-corrected chi connectivity index (χ2v) is 9.68. The second-order valence-electron chi connectivity index (χ2n) is 9.68. The van der Waals surface area contributed by atoms with E-state index in [0.29, 0.717) is 12.2 Å². The summed E-state index contributed by atoms with van der Waals surface area (Å²) in [4.78, 5) is 42.4. The van der Waals surface area contributed by atoms with E-state index in [1.54, 1.807) is 31.9 Å². The van der Waals surface area contributed by atoms with Gasteiger partial charge in [0.05, 0.1) is 18.7 Å². The molecule has 1 N–H and O–H groups in total. The number of nitrogens with zero attached hydrogens (tertiary/aromatic N) is 2. The van der Waals surface area contributed by atoms with E-state index in [1.165, 1.54) is 0 Å². The summed E-state index contributed by atoms with van der Waals surface area (Å²) in [5.74, 6) is -0.606. The molecule has 1 aliphatic heterocycles. The molecule has 1 heterocycles. The van der Waals surface area contributed by atoms with Crippen LogP contribution < -0.4 is 5.32 Å². The number of likely N-dealkylation sites (tertiary alicyclic amines) is 1. The molecule has 0 radical (unpaired) electrons. The molecule has 7 heteroatoms. The molecule has 178 valence electrons. The Morgan fingerprint density at radius 1 is 1.23 bits per heavy atom. The minimum atomic E-state index is -0.656. The van der Waals surface area contributed by atoms with Crippen molar-refractivity contribution < 1.29 is 19.1 Å². The largest absolute Gasteiger partial charge is 0.463 e. The highest BCUT2D eigenvalue weighted by atomic mass is 16.5. The number of hydrogen-bond donors (Lipinski definition) is 1. The van der Waals surface area contributed by atoms with Gasteiger partial charge in [0.2, 0.25) is 11.8 Å². The van der Waals surface area contributed by atoms with Gasteiger partial charge in [0, 0.05) is 12.6 Å². The van der Waals surface area contributed by atoms with Crippen LogP contribution in [0.2, 0.25) is 0 Å². The van der Waals surface area contributed by atoms with Crippen molar-refractivity contribution in [3.05, 3.63) is 11.6 Å². The Morgan fingerprint density at radius 3 is 2.39 bits per heavy atom. The van der Waals surface area contributed by atoms with Gasteiger partial charge in [-0.3, -0.25) is 14.5 Å². The molecule has 31 heavy (non-hydrogen) atoms. The van der Waals surface area contributed by atoms with Gasteiger partial charge < -0.3 is 15.0 Å². The molecule has 0 unspecified atom stereocenters. The number of likely N-dealkylation sites (N-methyl/N-ethyl adjacent to an activating group) is 2. The molecule has 0 saturated carbocycles. The third-order valence-corrected chi connectivity index (χ3v) is 5.94. The van der Waals surface area contributed by atoms with Crippen LogP contribution in [0.25, 0.3) is 0 Å². The fourth-order valence-corrected chi connectivity index (χ4v) is 3.95. The van der Waals surface area contributed by atoms with Gasteiger partial charge in [0.25, 0.3) is 0 Å². The van der Waals surface area contributed by atoms with Crippen molar-refractivity contribution in [3.63, 3.8) is 0 Å². The summed E-state index contributed by atoms with van der Waals surface area (Å²) in [7, 11) is 3.71. The van der Waals surface area contributed by atoms with Gasteiger partial charge in [-0.2, -0.15) is 0 Å². The molecule has 0 spiro atoms. The lowest BCUT2D eigenvalue weighted by Crippen LogP contribution is -2.59. The van der Waals surface area contributed by atoms with Crippen molar-refractivity contribution in [2.24, 2.45) is 5.41 Å². The van der Waals surface area contributed by atoms with Crippen LogP contribution >= 0.6 is 0 Å². The standard InChI is InChI=1S/C24H43N3O4/c1-9-13-18(16-17(3)23(30)31-10-2)27(8)22(29)20(24(4,5)6)25-21(28)19-14-11-12-15-26(19)7/h16,18-20H,9-15H2,1-8H3,(H,25,28)/t18-,19+,20+/m0/s1. The van der Waals surface area contributed by atoms with Crippen LogP contribution in [-0.2, 0) is 19.1 Å². The Hall–Kier alpha value is -1.89. The highest BCUT2D eigenvalue weighted by Gasteiger charge is 2.38. The van der Waals surface area contributed by atoms with E-state index in [-0.39, 0.29) is 29.9 Å². The molecule has 7 nitrogen and oxygen atoms in total. The van der Waals surface area contributed by atoms with Gasteiger partial charge in [-0.15, -0.1) is 0 Å². The number of esters is 1. The summed E-state index contributed by atoms with van der Waals surface area (Å²) in [6, 6.07) is -1.11. The first-order chi connectivity index (χ1) is 14.4. The Kier molecular flexibility index (Phi) is 10.7. The minimum Gasteiger partial charge on any atom is -0.463 e. The minimum absolute atomic E-state index is 0.0887. The predicted molar refractivity (Wildman–Crippen MR) is 124 cm³/mol. The molecule has 1 aliphatic rings. The first-order valence-corrected chi connectivity index (χ1v) is 11.6. The maximum Gasteiger partial charge on any atom is 0.333 e. The molecule has 2 amide bonds. The fourth-order valence-electron chi connectivity index (χ4n) is 3.95. The second kappa shape index (κ2) is 12.2. The zero-order chi connectivity index (χ0) is 23.8. The van der Waals surface area contributed by atoms with Crippen LogP contribution in [0.4, 0.5) is 0 Å². The zero-order valence-electron chi connectivity index (χ0n) is 20.8. The number of hydrogen-bond acceptors (Lipinski definition) is 5. The van der Waals surface area contributed by atoms with Gasteiger partial charge in [-0.05, 0) is 52.1 Å². The molecular weight excluding hydrogens is 394 g/mol. The SMILES string of the molecule is CCC[C@@H](C=C(C)C(=O)OCC)N(C)C(=O)[C@@H](NC(=O)[C@H]1CCCCN1C)C(C)(C)C. The number of nitrogens with one attached hydrogen (secondary N) is 1. The molecule has 1 rings (SSSR count). The van der Waals surface area contributed by atoms with Crippen LogP contribution in [0.1, 0.15) is 73.6 Å². The molecule has 1 fully saturated rings. The number of carbonyl (C=O) groups is 3. The van der Waals surface area contributed by atoms with Gasteiger partial charge >= 0.3 is 5.97 Å². The van der Waals surface area contributed by atoms with Crippen LogP contribution in [0.3, 0.4) is 0 Å². The van der Waals surface area contributed by atoms with E-state index < -0.39 is 11.5 Å². The third-order valence-electron chi connectivity index (χ3n) is 5.94. The monoisotopic (exact) mass is 437 g/mol. The molecule has 0 aliphatic carbocycles. The average Bonchev–Trinajstić information content (AvgIpc) is 2.70. The third kappa shape index (κ3) is 7.95. The van der Waals surface area contributed by atoms with Gasteiger partial charge in [0.15, 0.2) is 0 Å². The van der Waals surface area contributed by atoms with Crippen molar-refractivity contribution >= 4 is 17.8 Å². The van der Waals surface area contributed by atoms with Crippen LogP contribution in [0.5, 0.6) is 0 Å². The summed E-state index contributed by atoms with van der Waals surface area (Å²) in [6.07, 6.45) is 6.30. The van der Waals surface area contributed by atoms with Crippen molar-refractivity contribution in [1.82, 2.24) is 15.1 Å². The van der Waals surface area contributed by atoms with Crippen molar-refractivity contribution in [3.8, 4) is 0 Å². The molecule has 3 atom stereocenters. The highest BCUT2D eigenvalue weighted by Crippen LogP contribution is 2.24. The zero-order valence-corrected chi connectivity index (χ0v) is 20.8. The number of ether oxygens (including phenoxy) is 1. The van der Waals surface area contributed by atoms with Gasteiger partial charge in [0.1, 0.15) is 6.04 Å². The first-order valence-electron chi connectivity index (χ1n) is 11.6. The number of piperidine rings is 1. The summed E-state index contributed by atoms with van der Waals surface area (Å²) >= 11 is 0. The smallest absolute Gasteiger partial charge is 0.333 e. The first kappa shape index (κ1) is 27.1. The van der Waals surface area contributed by atoms with E-state index in [0.717, 1.165) is 38.6 Å². The molecule has 0 aromatic rings. The number of rotatable bonds is 9. The molecular formula is C24H43N3O4. The van der Waals surface area contributed by atoms with E-state index in [2.05, 4.69) is 10.2 Å². The van der Waals surface area contributed by atoms with Gasteiger partial charge in [-0.25, -0.2) is 4.79 Å². The Morgan fingerprint density at radius 2 is 1.87 bits per heavy atom. The van der Waals surface area contributed by atoms with E-state index in [1.807, 2.05) is 34.7 Å². The molecule has 0 bridgehead atoms. The Labute approximate surface area is 188 Å². The molecule has 0 aromatic heterocycles. The maximum atomic E-state index is 13.5.